The summed E-state index contributed by atoms with van der Waals surface area (Å²) < 4.78 is 181. The molecular formula is C47H49ClF13N7O9. The van der Waals surface area contributed by atoms with Crippen molar-refractivity contribution in [3.05, 3.63) is 150 Å². The molecule has 5 aromatic rings. The summed E-state index contributed by atoms with van der Waals surface area (Å²) in [7, 11) is 8.97. The molecule has 0 saturated carbocycles. The van der Waals surface area contributed by atoms with Crippen molar-refractivity contribution in [3.8, 4) is 5.75 Å². The monoisotopic (exact) mass is 1140 g/mol. The van der Waals surface area contributed by atoms with Crippen molar-refractivity contribution >= 4 is 57.3 Å². The van der Waals surface area contributed by atoms with Crippen molar-refractivity contribution in [2.75, 3.05) is 108 Å². The number of aromatic hydroxyl groups is 1. The van der Waals surface area contributed by atoms with Crippen molar-refractivity contribution < 1.29 is 91.0 Å². The summed E-state index contributed by atoms with van der Waals surface area (Å²) in [5, 5.41) is 33.0. The number of carbonyl (C=O) groups is 1. The Balaban J connectivity index is 0.000000362. The maximum atomic E-state index is 13.5. The van der Waals surface area contributed by atoms with Crippen LogP contribution in [0.5, 0.6) is 5.75 Å². The Morgan fingerprint density at radius 3 is 1.38 bits per heavy atom. The van der Waals surface area contributed by atoms with Crippen LogP contribution in [0.25, 0.3) is 0 Å². The number of ether oxygens (including phenoxy) is 3. The number of benzene rings is 5. The maximum absolute atomic E-state index is 13.5. The number of rotatable bonds is 16. The Hall–Kier alpha value is -7.37. The van der Waals surface area contributed by atoms with Crippen LogP contribution in [-0.4, -0.2) is 103 Å². The van der Waals surface area contributed by atoms with Crippen LogP contribution >= 0.6 is 11.6 Å². The van der Waals surface area contributed by atoms with E-state index in [1.54, 1.807) is 7.05 Å². The molecule has 0 fully saturated rings. The molecule has 0 aliphatic carbocycles. The first-order chi connectivity index (χ1) is 35.6. The van der Waals surface area contributed by atoms with Crippen LogP contribution in [0.1, 0.15) is 32.6 Å². The second kappa shape index (κ2) is 28.7. The van der Waals surface area contributed by atoms with E-state index in [9.17, 15) is 87.2 Å². The lowest BCUT2D eigenvalue weighted by Gasteiger charge is -2.24. The largest absolute Gasteiger partial charge is 0.507 e. The fraction of sp³-hybridized carbons (Fsp3) is 0.340. The second-order valence-electron chi connectivity index (χ2n) is 15.7. The zero-order chi connectivity index (χ0) is 58.8. The van der Waals surface area contributed by atoms with Gasteiger partial charge in [-0.15, -0.1) is 0 Å². The maximum Gasteiger partial charge on any atom is 0.419 e. The van der Waals surface area contributed by atoms with Gasteiger partial charge in [0.25, 0.3) is 17.3 Å². The number of carbonyl (C=O) groups excluding carboxylic acids is 1. The molecule has 0 aliphatic rings. The smallest absolute Gasteiger partial charge is 0.419 e. The van der Waals surface area contributed by atoms with Crippen LogP contribution in [-0.2, 0) is 38.9 Å². The van der Waals surface area contributed by atoms with Gasteiger partial charge in [-0.1, -0.05) is 11.6 Å². The standard InChI is InChI=1S/C18H18ClF3N2O3.C11H13F3N2O3.C11H15F3N2O.C7H3F4NO2/c1-24(7-8-27-2)15-5-4-12(10-14(15)18(20,21)22)23-17(26)13-9-11(19)3-6-16(13)25;1-15(5-6-19-2)10-4-3-8(16(17)18)7-9(10)11(12,13)14;1-16(5-6-17-2)10-4-3-8(15)7-9(10)11(12,13)14;8-6-2-1-4(12(13)14)3-5(6)7(9,10)11/h3-6,9-10,25H,7-8H2,1-2H3,(H,23,26);3-4,7H,5-6H2,1-2H3;3-4,7H,5-6,15H2,1-2H3;1-3H. The third kappa shape index (κ3) is 20.6. The third-order valence-electron chi connectivity index (χ3n) is 10.2. The SMILES string of the molecule is COCCN(C)c1ccc(N)cc1C(F)(F)F.COCCN(C)c1ccc(NC(=O)c2cc(Cl)ccc2O)cc1C(F)(F)F.COCCN(C)c1ccc([N+](=O)[O-])cc1C(F)(F)F.O=[N+]([O-])c1ccc(F)c(C(F)(F)F)c1. The van der Waals surface area contributed by atoms with Crippen LogP contribution in [0.15, 0.2) is 91.0 Å². The number of halogens is 14. The molecule has 5 rings (SSSR count). The summed E-state index contributed by atoms with van der Waals surface area (Å²) in [5.74, 6) is -2.63. The molecule has 0 bridgehead atoms. The van der Waals surface area contributed by atoms with E-state index < -0.39 is 79.9 Å². The van der Waals surface area contributed by atoms with Crippen molar-refractivity contribution in [3.63, 3.8) is 0 Å². The van der Waals surface area contributed by atoms with Crippen molar-refractivity contribution in [2.24, 2.45) is 0 Å². The second-order valence-corrected chi connectivity index (χ2v) is 16.2. The van der Waals surface area contributed by atoms with Crippen LogP contribution in [0, 0.1) is 26.0 Å². The van der Waals surface area contributed by atoms with E-state index in [0.29, 0.717) is 31.4 Å². The minimum absolute atomic E-state index is 0.0387. The third-order valence-corrected chi connectivity index (χ3v) is 10.4. The number of alkyl halides is 12. The normalized spacial score (nSPS) is 11.4. The first kappa shape index (κ1) is 65.7. The van der Waals surface area contributed by atoms with Gasteiger partial charge in [-0.3, -0.25) is 25.0 Å². The Labute approximate surface area is 435 Å². The number of amides is 1. The molecule has 16 nitrogen and oxygen atoms in total. The summed E-state index contributed by atoms with van der Waals surface area (Å²) in [5.41, 5.74) is -0.435. The molecule has 1 amide bonds. The van der Waals surface area contributed by atoms with Gasteiger partial charge >= 0.3 is 24.7 Å². The number of anilines is 5. The number of likely N-dealkylation sites (N-methyl/N-ethyl adjacent to an activating group) is 3. The molecule has 5 aromatic carbocycles. The lowest BCUT2D eigenvalue weighted by molar-refractivity contribution is -0.385. The summed E-state index contributed by atoms with van der Waals surface area (Å²) in [6.07, 6.45) is -18.6. The molecule has 0 unspecified atom stereocenters. The molecule has 0 radical (unpaired) electrons. The molecule has 0 aliphatic heterocycles. The van der Waals surface area contributed by atoms with Gasteiger partial charge in [0.1, 0.15) is 11.6 Å². The summed E-state index contributed by atoms with van der Waals surface area (Å²) >= 11 is 5.79. The number of nitro groups is 2. The van der Waals surface area contributed by atoms with Gasteiger partial charge in [0, 0.05) is 120 Å². The van der Waals surface area contributed by atoms with Gasteiger partial charge in [-0.2, -0.15) is 52.7 Å². The van der Waals surface area contributed by atoms with E-state index in [2.05, 4.69) is 5.32 Å². The van der Waals surface area contributed by atoms with Gasteiger partial charge in [0.05, 0.1) is 57.5 Å². The van der Waals surface area contributed by atoms with Gasteiger partial charge in [-0.05, 0) is 66.7 Å². The molecule has 424 valence electrons. The molecular weight excluding hydrogens is 1090 g/mol. The van der Waals surface area contributed by atoms with Crippen LogP contribution < -0.4 is 25.8 Å². The predicted octanol–water partition coefficient (Wildman–Crippen LogP) is 12.2. The minimum Gasteiger partial charge on any atom is -0.507 e. The van der Waals surface area contributed by atoms with E-state index in [1.807, 2.05) is 0 Å². The number of phenolic OH excluding ortho intramolecular Hbond substituents is 1. The molecule has 77 heavy (non-hydrogen) atoms. The fourth-order valence-corrected chi connectivity index (χ4v) is 6.44. The molecule has 0 spiro atoms. The highest BCUT2D eigenvalue weighted by Crippen LogP contribution is 2.41. The number of methoxy groups -OCH3 is 3. The number of phenols is 1. The van der Waals surface area contributed by atoms with Crippen molar-refractivity contribution in [2.45, 2.75) is 24.7 Å². The van der Waals surface area contributed by atoms with Gasteiger partial charge < -0.3 is 45.1 Å². The van der Waals surface area contributed by atoms with E-state index in [1.165, 1.54) is 92.6 Å². The molecule has 0 heterocycles. The Morgan fingerprint density at radius 1 is 0.584 bits per heavy atom. The number of hydrogen-bond acceptors (Lipinski definition) is 13. The number of nitrogens with zero attached hydrogens (tertiary/aromatic N) is 5. The summed E-state index contributed by atoms with van der Waals surface area (Å²) in [6.45, 7) is 1.77. The van der Waals surface area contributed by atoms with Gasteiger partial charge in [-0.25, -0.2) is 4.39 Å². The predicted molar refractivity (Wildman–Crippen MR) is 260 cm³/mol. The zero-order valence-corrected chi connectivity index (χ0v) is 42.0. The highest BCUT2D eigenvalue weighted by Gasteiger charge is 2.38. The molecule has 0 aromatic heterocycles. The first-order valence-corrected chi connectivity index (χ1v) is 21.9. The quantitative estimate of drug-likeness (QED) is 0.0365. The molecule has 0 saturated heterocycles. The molecule has 0 atom stereocenters. The number of nitrogens with one attached hydrogen (secondary N) is 1. The lowest BCUT2D eigenvalue weighted by atomic mass is 10.1. The minimum atomic E-state index is -4.92. The molecule has 30 heteroatoms. The summed E-state index contributed by atoms with van der Waals surface area (Å²) in [6, 6.07) is 15.0. The number of nitro benzene ring substituents is 2. The van der Waals surface area contributed by atoms with Crippen LogP contribution in [0.2, 0.25) is 5.02 Å². The topological polar surface area (TPSA) is 199 Å². The van der Waals surface area contributed by atoms with E-state index in [-0.39, 0.29) is 77.1 Å². The Kier molecular flexibility index (Phi) is 24.5. The summed E-state index contributed by atoms with van der Waals surface area (Å²) in [4.78, 5) is 35.3. The average Bonchev–Trinajstić information content (AvgIpc) is 3.34. The number of nitrogens with two attached hydrogens (primary N) is 1. The Bertz CT molecular complexity index is 2770. The highest BCUT2D eigenvalue weighted by atomic mass is 35.5. The number of non-ortho nitro benzene ring substituents is 2. The van der Waals surface area contributed by atoms with Crippen molar-refractivity contribution in [1.82, 2.24) is 0 Å². The average molecular weight is 1140 g/mol. The molecule has 4 N–H and O–H groups in total. The first-order valence-electron chi connectivity index (χ1n) is 21.5. The van der Waals surface area contributed by atoms with E-state index in [4.69, 9.17) is 31.5 Å². The van der Waals surface area contributed by atoms with Gasteiger partial charge in [0.2, 0.25) is 0 Å². The van der Waals surface area contributed by atoms with Crippen LogP contribution in [0.4, 0.5) is 96.9 Å². The zero-order valence-electron chi connectivity index (χ0n) is 41.2. The number of nitrogen functional groups attached to an aromatic ring is 1. The van der Waals surface area contributed by atoms with Gasteiger partial charge in [0.15, 0.2) is 0 Å². The van der Waals surface area contributed by atoms with Crippen molar-refractivity contribution in [1.29, 1.82) is 0 Å². The Morgan fingerprint density at radius 2 is 0.961 bits per heavy atom. The van der Waals surface area contributed by atoms with E-state index in [0.717, 1.165) is 24.3 Å². The fourth-order valence-electron chi connectivity index (χ4n) is 6.26. The number of hydrogen-bond donors (Lipinski definition) is 3. The lowest BCUT2D eigenvalue weighted by Crippen LogP contribution is -2.25. The van der Waals surface area contributed by atoms with Crippen LogP contribution in [0.3, 0.4) is 0 Å². The van der Waals surface area contributed by atoms with E-state index >= 15 is 0 Å². The highest BCUT2D eigenvalue weighted by molar-refractivity contribution is 6.31.